The van der Waals surface area contributed by atoms with Crippen LogP contribution in [0.5, 0.6) is 0 Å². The van der Waals surface area contributed by atoms with E-state index in [4.69, 9.17) is 0 Å². The van der Waals surface area contributed by atoms with Crippen molar-refractivity contribution >= 4 is 0 Å². The molecule has 1 aromatic heterocycles. The zero-order valence-electron chi connectivity index (χ0n) is 13.8. The van der Waals surface area contributed by atoms with Crippen molar-refractivity contribution in [2.24, 2.45) is 5.92 Å². The first-order valence-corrected chi connectivity index (χ1v) is 8.02. The van der Waals surface area contributed by atoms with E-state index in [1.807, 2.05) is 54.6 Å². The number of nitrogens with one attached hydrogen (secondary N) is 1. The predicted molar refractivity (Wildman–Crippen MR) is 95.1 cm³/mol. The van der Waals surface area contributed by atoms with E-state index in [9.17, 15) is 4.79 Å². The summed E-state index contributed by atoms with van der Waals surface area (Å²) in [5.74, 6) is 0.474. The van der Waals surface area contributed by atoms with Crippen molar-refractivity contribution in [3.8, 4) is 16.8 Å². The minimum atomic E-state index is 0.00991. The van der Waals surface area contributed by atoms with Crippen LogP contribution in [0, 0.1) is 12.8 Å². The van der Waals surface area contributed by atoms with E-state index in [2.05, 4.69) is 25.9 Å². The van der Waals surface area contributed by atoms with Crippen LogP contribution in [0.15, 0.2) is 59.4 Å². The van der Waals surface area contributed by atoms with E-state index in [0.29, 0.717) is 5.92 Å². The molecule has 1 heterocycles. The lowest BCUT2D eigenvalue weighted by atomic mass is 9.99. The maximum atomic E-state index is 13.0. The lowest BCUT2D eigenvalue weighted by Gasteiger charge is -2.06. The number of H-pyrrole nitrogens is 1. The summed E-state index contributed by atoms with van der Waals surface area (Å²) in [4.78, 5) is 13.0. The molecule has 0 atom stereocenters. The molecule has 0 saturated carbocycles. The van der Waals surface area contributed by atoms with Gasteiger partial charge in [0.2, 0.25) is 0 Å². The van der Waals surface area contributed by atoms with Crippen molar-refractivity contribution in [2.45, 2.75) is 27.2 Å². The third-order valence-corrected chi connectivity index (χ3v) is 3.93. The summed E-state index contributed by atoms with van der Waals surface area (Å²) in [7, 11) is 0. The van der Waals surface area contributed by atoms with Crippen LogP contribution in [-0.4, -0.2) is 9.78 Å². The molecule has 118 valence electrons. The summed E-state index contributed by atoms with van der Waals surface area (Å²) >= 11 is 0. The Labute approximate surface area is 136 Å². The summed E-state index contributed by atoms with van der Waals surface area (Å²) in [6.45, 7) is 6.38. The Kier molecular flexibility index (Phi) is 4.20. The highest BCUT2D eigenvalue weighted by Gasteiger charge is 2.17. The number of aromatic nitrogens is 2. The lowest BCUT2D eigenvalue weighted by molar-refractivity contribution is 0.628. The molecule has 3 heteroatoms. The molecular formula is C20H22N2O. The van der Waals surface area contributed by atoms with Gasteiger partial charge in [-0.2, -0.15) is 0 Å². The van der Waals surface area contributed by atoms with E-state index in [1.165, 1.54) is 5.56 Å². The van der Waals surface area contributed by atoms with Gasteiger partial charge < -0.3 is 0 Å². The van der Waals surface area contributed by atoms with Gasteiger partial charge in [-0.05, 0) is 37.0 Å². The van der Waals surface area contributed by atoms with Gasteiger partial charge >= 0.3 is 0 Å². The SMILES string of the molecule is Cc1ccc(-c2c(CC(C)C)[nH]n(-c3ccccc3)c2=O)cc1. The molecule has 0 saturated heterocycles. The minimum absolute atomic E-state index is 0.00991. The number of hydrogen-bond donors (Lipinski definition) is 1. The van der Waals surface area contributed by atoms with Crippen LogP contribution in [-0.2, 0) is 6.42 Å². The highest BCUT2D eigenvalue weighted by Crippen LogP contribution is 2.23. The standard InChI is InChI=1S/C20H22N2O/c1-14(2)13-18-19(16-11-9-15(3)10-12-16)20(23)22(21-18)17-7-5-4-6-8-17/h4-12,14,21H,13H2,1-3H3. The van der Waals surface area contributed by atoms with Gasteiger partial charge in [0.1, 0.15) is 0 Å². The Morgan fingerprint density at radius 1 is 1.00 bits per heavy atom. The molecule has 0 unspecified atom stereocenters. The molecule has 0 aliphatic heterocycles. The van der Waals surface area contributed by atoms with E-state index >= 15 is 0 Å². The Morgan fingerprint density at radius 3 is 2.26 bits per heavy atom. The summed E-state index contributed by atoms with van der Waals surface area (Å²) in [6, 6.07) is 17.9. The topological polar surface area (TPSA) is 37.8 Å². The molecule has 0 spiro atoms. The van der Waals surface area contributed by atoms with Crippen LogP contribution < -0.4 is 5.56 Å². The average molecular weight is 306 g/mol. The third kappa shape index (κ3) is 3.14. The largest absolute Gasteiger partial charge is 0.294 e. The maximum absolute atomic E-state index is 13.0. The van der Waals surface area contributed by atoms with Gasteiger partial charge in [-0.15, -0.1) is 0 Å². The Morgan fingerprint density at radius 2 is 1.65 bits per heavy atom. The molecule has 0 amide bonds. The molecule has 0 fully saturated rings. The second-order valence-electron chi connectivity index (χ2n) is 6.41. The fraction of sp³-hybridized carbons (Fsp3) is 0.250. The zero-order chi connectivity index (χ0) is 16.4. The predicted octanol–water partition coefficient (Wildman–Crippen LogP) is 4.34. The number of hydrogen-bond acceptors (Lipinski definition) is 1. The van der Waals surface area contributed by atoms with Crippen LogP contribution in [0.4, 0.5) is 0 Å². The second kappa shape index (κ2) is 6.29. The molecule has 0 bridgehead atoms. The van der Waals surface area contributed by atoms with Crippen LogP contribution in [0.25, 0.3) is 16.8 Å². The van der Waals surface area contributed by atoms with Crippen LogP contribution in [0.1, 0.15) is 25.1 Å². The quantitative estimate of drug-likeness (QED) is 0.765. The summed E-state index contributed by atoms with van der Waals surface area (Å²) in [5, 5.41) is 3.31. The molecule has 23 heavy (non-hydrogen) atoms. The second-order valence-corrected chi connectivity index (χ2v) is 6.41. The number of rotatable bonds is 4. The molecule has 0 aliphatic carbocycles. The molecule has 0 radical (unpaired) electrons. The first kappa shape index (κ1) is 15.3. The van der Waals surface area contributed by atoms with Gasteiger partial charge in [0.05, 0.1) is 11.3 Å². The monoisotopic (exact) mass is 306 g/mol. The average Bonchev–Trinajstić information content (AvgIpc) is 2.85. The van der Waals surface area contributed by atoms with E-state index in [1.54, 1.807) is 4.68 Å². The number of benzene rings is 2. The number of aryl methyl sites for hydroxylation is 1. The minimum Gasteiger partial charge on any atom is -0.294 e. The van der Waals surface area contributed by atoms with Crippen LogP contribution in [0.3, 0.4) is 0 Å². The molecule has 3 rings (SSSR count). The Balaban J connectivity index is 2.19. The van der Waals surface area contributed by atoms with Gasteiger partial charge in [0.15, 0.2) is 0 Å². The van der Waals surface area contributed by atoms with Gasteiger partial charge in [-0.25, -0.2) is 4.68 Å². The van der Waals surface area contributed by atoms with Crippen molar-refractivity contribution in [3.05, 3.63) is 76.2 Å². The van der Waals surface area contributed by atoms with Crippen molar-refractivity contribution < 1.29 is 0 Å². The molecular weight excluding hydrogens is 284 g/mol. The molecule has 3 aromatic rings. The van der Waals surface area contributed by atoms with E-state index in [-0.39, 0.29) is 5.56 Å². The molecule has 3 nitrogen and oxygen atoms in total. The number of nitrogens with zero attached hydrogens (tertiary/aromatic N) is 1. The summed E-state index contributed by atoms with van der Waals surface area (Å²) in [5.41, 5.74) is 4.82. The Bertz CT molecular complexity index is 840. The fourth-order valence-electron chi connectivity index (χ4n) is 2.82. The van der Waals surface area contributed by atoms with Gasteiger partial charge in [-0.3, -0.25) is 9.89 Å². The van der Waals surface area contributed by atoms with Crippen LogP contribution >= 0.6 is 0 Å². The van der Waals surface area contributed by atoms with Crippen LogP contribution in [0.2, 0.25) is 0 Å². The van der Waals surface area contributed by atoms with E-state index in [0.717, 1.165) is 28.9 Å². The Hall–Kier alpha value is -2.55. The van der Waals surface area contributed by atoms with Crippen molar-refractivity contribution in [1.82, 2.24) is 9.78 Å². The molecule has 1 N–H and O–H groups in total. The van der Waals surface area contributed by atoms with Gasteiger partial charge in [0, 0.05) is 5.69 Å². The number of para-hydroxylation sites is 1. The molecule has 2 aromatic carbocycles. The number of aromatic amines is 1. The van der Waals surface area contributed by atoms with Crippen molar-refractivity contribution in [3.63, 3.8) is 0 Å². The first-order chi connectivity index (χ1) is 11.1. The van der Waals surface area contributed by atoms with Crippen molar-refractivity contribution in [2.75, 3.05) is 0 Å². The van der Waals surface area contributed by atoms with Crippen molar-refractivity contribution in [1.29, 1.82) is 0 Å². The summed E-state index contributed by atoms with van der Waals surface area (Å²) < 4.78 is 1.65. The van der Waals surface area contributed by atoms with Gasteiger partial charge in [0.25, 0.3) is 5.56 Å². The zero-order valence-corrected chi connectivity index (χ0v) is 13.8. The highest BCUT2D eigenvalue weighted by atomic mass is 16.1. The normalized spacial score (nSPS) is 11.1. The van der Waals surface area contributed by atoms with E-state index < -0.39 is 0 Å². The maximum Gasteiger partial charge on any atom is 0.279 e. The van der Waals surface area contributed by atoms with Gasteiger partial charge in [-0.1, -0.05) is 61.9 Å². The third-order valence-electron chi connectivity index (χ3n) is 3.93. The first-order valence-electron chi connectivity index (χ1n) is 8.02. The lowest BCUT2D eigenvalue weighted by Crippen LogP contribution is -2.15. The smallest absolute Gasteiger partial charge is 0.279 e. The fourth-order valence-corrected chi connectivity index (χ4v) is 2.82. The molecule has 0 aliphatic rings. The highest BCUT2D eigenvalue weighted by molar-refractivity contribution is 5.66. The summed E-state index contributed by atoms with van der Waals surface area (Å²) in [6.07, 6.45) is 0.846.